The van der Waals surface area contributed by atoms with Crippen LogP contribution in [-0.2, 0) is 0 Å². The van der Waals surface area contributed by atoms with E-state index in [2.05, 4.69) is 12.2 Å². The molecule has 0 aliphatic rings. The van der Waals surface area contributed by atoms with E-state index in [1.165, 1.54) is 6.42 Å². The second-order valence-electron chi connectivity index (χ2n) is 2.37. The van der Waals surface area contributed by atoms with Crippen molar-refractivity contribution in [2.24, 2.45) is 0 Å². The van der Waals surface area contributed by atoms with Gasteiger partial charge in [0.1, 0.15) is 0 Å². The third-order valence-corrected chi connectivity index (χ3v) is 1.29. The fourth-order valence-electron chi connectivity index (χ4n) is 0.658. The number of aliphatic hydroxyl groups is 2. The predicted octanol–water partition coefficient (Wildman–Crippen LogP) is 0.0769. The van der Waals surface area contributed by atoms with Crippen molar-refractivity contribution in [3.63, 3.8) is 0 Å². The molecule has 0 saturated heterocycles. The molecule has 10 heavy (non-hydrogen) atoms. The Morgan fingerprint density at radius 2 is 2.00 bits per heavy atom. The van der Waals surface area contributed by atoms with Gasteiger partial charge in [0.05, 0.1) is 0 Å². The van der Waals surface area contributed by atoms with Gasteiger partial charge in [-0.2, -0.15) is 0 Å². The monoisotopic (exact) mass is 147 g/mol. The van der Waals surface area contributed by atoms with Crippen LogP contribution >= 0.6 is 0 Å². The summed E-state index contributed by atoms with van der Waals surface area (Å²) < 4.78 is 0. The highest BCUT2D eigenvalue weighted by Crippen LogP contribution is 1.85. The normalized spacial score (nSPS) is 10.8. The van der Waals surface area contributed by atoms with Gasteiger partial charge in [0.15, 0.2) is 6.29 Å². The first kappa shape index (κ1) is 9.88. The maximum atomic E-state index is 8.42. The highest BCUT2D eigenvalue weighted by molar-refractivity contribution is 4.47. The summed E-state index contributed by atoms with van der Waals surface area (Å²) in [7, 11) is 0. The van der Waals surface area contributed by atoms with Crippen molar-refractivity contribution in [3.8, 4) is 0 Å². The van der Waals surface area contributed by atoms with Crippen LogP contribution in [0.15, 0.2) is 0 Å². The van der Waals surface area contributed by atoms with E-state index in [9.17, 15) is 0 Å². The first-order chi connectivity index (χ1) is 4.77. The minimum atomic E-state index is -1.16. The molecule has 0 aromatic carbocycles. The van der Waals surface area contributed by atoms with Gasteiger partial charge in [-0.05, 0) is 19.5 Å². The van der Waals surface area contributed by atoms with Gasteiger partial charge in [-0.15, -0.1) is 0 Å². The highest BCUT2D eigenvalue weighted by Gasteiger charge is 1.94. The number of unbranched alkanes of at least 4 members (excludes halogenated alkanes) is 1. The van der Waals surface area contributed by atoms with Crippen LogP contribution in [0.2, 0.25) is 0 Å². The summed E-state index contributed by atoms with van der Waals surface area (Å²) in [5.41, 5.74) is 0. The van der Waals surface area contributed by atoms with E-state index in [1.54, 1.807) is 0 Å². The molecule has 3 N–H and O–H groups in total. The lowest BCUT2D eigenvalue weighted by Gasteiger charge is -2.04. The molecule has 0 heterocycles. The summed E-state index contributed by atoms with van der Waals surface area (Å²) in [6.45, 7) is 3.80. The molecule has 0 aromatic heterocycles. The Bertz CT molecular complexity index is 66.6. The van der Waals surface area contributed by atoms with Gasteiger partial charge >= 0.3 is 0 Å². The van der Waals surface area contributed by atoms with Crippen LogP contribution in [0.3, 0.4) is 0 Å². The van der Waals surface area contributed by atoms with Crippen LogP contribution < -0.4 is 5.32 Å². The Morgan fingerprint density at radius 3 is 2.50 bits per heavy atom. The van der Waals surface area contributed by atoms with Crippen molar-refractivity contribution in [1.82, 2.24) is 5.32 Å². The molecule has 0 saturated carbocycles. The van der Waals surface area contributed by atoms with Crippen LogP contribution in [0, 0.1) is 0 Å². The standard InChI is InChI=1S/C7H17NO2/c1-2-3-5-8-6-4-7(9)10/h7-10H,2-6H2,1H3. The molecule has 0 unspecified atom stereocenters. The van der Waals surface area contributed by atoms with Crippen molar-refractivity contribution in [2.45, 2.75) is 32.5 Å². The molecule has 0 fully saturated rings. The molecule has 62 valence electrons. The Morgan fingerprint density at radius 1 is 1.30 bits per heavy atom. The second kappa shape index (κ2) is 6.99. The molecule has 0 amide bonds. The lowest BCUT2D eigenvalue weighted by atomic mass is 10.3. The Balaban J connectivity index is 2.77. The average Bonchev–Trinajstić information content (AvgIpc) is 1.87. The van der Waals surface area contributed by atoms with Crippen LogP contribution in [0.25, 0.3) is 0 Å². The van der Waals surface area contributed by atoms with Crippen LogP contribution in [-0.4, -0.2) is 29.6 Å². The van der Waals surface area contributed by atoms with E-state index in [-0.39, 0.29) is 0 Å². The van der Waals surface area contributed by atoms with Gasteiger partial charge in [0, 0.05) is 6.42 Å². The van der Waals surface area contributed by atoms with E-state index in [0.717, 1.165) is 13.0 Å². The maximum Gasteiger partial charge on any atom is 0.152 e. The number of nitrogens with one attached hydrogen (secondary N) is 1. The van der Waals surface area contributed by atoms with Crippen molar-refractivity contribution in [1.29, 1.82) is 0 Å². The smallest absolute Gasteiger partial charge is 0.152 e. The maximum absolute atomic E-state index is 8.42. The number of aliphatic hydroxyl groups excluding tert-OH is 1. The third kappa shape index (κ3) is 7.88. The Kier molecular flexibility index (Phi) is 6.91. The molecule has 0 bridgehead atoms. The van der Waals surface area contributed by atoms with E-state index < -0.39 is 6.29 Å². The van der Waals surface area contributed by atoms with Gasteiger partial charge in [-0.25, -0.2) is 0 Å². The first-order valence-electron chi connectivity index (χ1n) is 3.84. The summed E-state index contributed by atoms with van der Waals surface area (Å²) >= 11 is 0. The first-order valence-corrected chi connectivity index (χ1v) is 3.84. The minimum absolute atomic E-state index is 0.420. The van der Waals surface area contributed by atoms with E-state index in [4.69, 9.17) is 10.2 Å². The van der Waals surface area contributed by atoms with Crippen molar-refractivity contribution in [3.05, 3.63) is 0 Å². The zero-order chi connectivity index (χ0) is 7.82. The third-order valence-electron chi connectivity index (χ3n) is 1.29. The van der Waals surface area contributed by atoms with Gasteiger partial charge in [-0.3, -0.25) is 0 Å². The number of hydrogen-bond donors (Lipinski definition) is 3. The molecule has 0 aromatic rings. The van der Waals surface area contributed by atoms with E-state index in [0.29, 0.717) is 13.0 Å². The van der Waals surface area contributed by atoms with E-state index in [1.807, 2.05) is 0 Å². The van der Waals surface area contributed by atoms with Crippen molar-refractivity contribution < 1.29 is 10.2 Å². The molecule has 3 nitrogen and oxygen atoms in total. The Labute approximate surface area is 62.1 Å². The lowest BCUT2D eigenvalue weighted by Crippen LogP contribution is -2.20. The zero-order valence-electron chi connectivity index (χ0n) is 6.51. The average molecular weight is 147 g/mol. The summed E-state index contributed by atoms with van der Waals surface area (Å²) in [4.78, 5) is 0. The summed E-state index contributed by atoms with van der Waals surface area (Å²) in [5.74, 6) is 0. The summed E-state index contributed by atoms with van der Waals surface area (Å²) in [6, 6.07) is 0. The molecule has 0 aliphatic heterocycles. The summed E-state index contributed by atoms with van der Waals surface area (Å²) in [5, 5.41) is 19.9. The van der Waals surface area contributed by atoms with Crippen molar-refractivity contribution in [2.75, 3.05) is 13.1 Å². The topological polar surface area (TPSA) is 52.5 Å². The molecule has 0 radical (unpaired) electrons. The predicted molar refractivity (Wildman–Crippen MR) is 40.6 cm³/mol. The molecule has 0 aliphatic carbocycles. The molecule has 3 heteroatoms. The SMILES string of the molecule is CCCCNCCC(O)O. The fourth-order valence-corrected chi connectivity index (χ4v) is 0.658. The molecular weight excluding hydrogens is 130 g/mol. The fraction of sp³-hybridized carbons (Fsp3) is 1.00. The van der Waals surface area contributed by atoms with Crippen LogP contribution in [0.5, 0.6) is 0 Å². The molecule has 0 spiro atoms. The molecule has 0 atom stereocenters. The lowest BCUT2D eigenvalue weighted by molar-refractivity contribution is -0.0443. The quantitative estimate of drug-likeness (QED) is 0.368. The molecular formula is C7H17NO2. The van der Waals surface area contributed by atoms with Gasteiger partial charge in [0.25, 0.3) is 0 Å². The van der Waals surface area contributed by atoms with Gasteiger partial charge in [-0.1, -0.05) is 13.3 Å². The minimum Gasteiger partial charge on any atom is -0.368 e. The molecule has 0 rings (SSSR count). The van der Waals surface area contributed by atoms with Crippen molar-refractivity contribution >= 4 is 0 Å². The zero-order valence-corrected chi connectivity index (χ0v) is 6.51. The Hall–Kier alpha value is -0.120. The van der Waals surface area contributed by atoms with Gasteiger partial charge in [0.2, 0.25) is 0 Å². The highest BCUT2D eigenvalue weighted by atomic mass is 16.5. The number of hydrogen-bond acceptors (Lipinski definition) is 3. The summed E-state index contributed by atoms with van der Waals surface area (Å²) in [6.07, 6.45) is 1.59. The second-order valence-corrected chi connectivity index (χ2v) is 2.37. The largest absolute Gasteiger partial charge is 0.368 e. The van der Waals surface area contributed by atoms with E-state index >= 15 is 0 Å². The number of rotatable bonds is 6. The van der Waals surface area contributed by atoms with Crippen LogP contribution in [0.4, 0.5) is 0 Å². The van der Waals surface area contributed by atoms with Crippen LogP contribution in [0.1, 0.15) is 26.2 Å². The van der Waals surface area contributed by atoms with Gasteiger partial charge < -0.3 is 15.5 Å².